The molecule has 0 radical (unpaired) electrons. The van der Waals surface area contributed by atoms with E-state index in [1.54, 1.807) is 0 Å². The summed E-state index contributed by atoms with van der Waals surface area (Å²) in [6.07, 6.45) is 2.48. The molecule has 2 heterocycles. The summed E-state index contributed by atoms with van der Waals surface area (Å²) < 4.78 is 0. The normalized spacial score (nSPS) is 15.0. The fourth-order valence-electron chi connectivity index (χ4n) is 3.08. The molecular formula is C18H22N4O2S. The van der Waals surface area contributed by atoms with Crippen molar-refractivity contribution in [1.29, 1.82) is 0 Å². The summed E-state index contributed by atoms with van der Waals surface area (Å²) in [7, 11) is 0. The third kappa shape index (κ3) is 4.51. The monoisotopic (exact) mass is 358 g/mol. The van der Waals surface area contributed by atoms with Crippen LogP contribution in [0.5, 0.6) is 0 Å². The Morgan fingerprint density at radius 1 is 1.16 bits per heavy atom. The van der Waals surface area contributed by atoms with Gasteiger partial charge in [-0.25, -0.2) is 4.79 Å². The number of hydrogen-bond acceptors (Lipinski definition) is 4. The van der Waals surface area contributed by atoms with Gasteiger partial charge in [0.05, 0.1) is 23.8 Å². The molecule has 0 spiro atoms. The van der Waals surface area contributed by atoms with E-state index in [9.17, 15) is 9.59 Å². The average Bonchev–Trinajstić information content (AvgIpc) is 3.28. The molecule has 1 aliphatic rings. The number of carbonyl (C=O) groups is 2. The number of anilines is 2. The minimum Gasteiger partial charge on any atom is -0.370 e. The molecule has 0 bridgehead atoms. The van der Waals surface area contributed by atoms with Crippen molar-refractivity contribution in [2.75, 3.05) is 23.3 Å². The van der Waals surface area contributed by atoms with Gasteiger partial charge in [-0.15, -0.1) is 11.3 Å². The molecule has 1 fully saturated rings. The summed E-state index contributed by atoms with van der Waals surface area (Å²) in [6.45, 7) is 2.02. The van der Waals surface area contributed by atoms with Crippen molar-refractivity contribution in [3.63, 3.8) is 0 Å². The van der Waals surface area contributed by atoms with Gasteiger partial charge in [0.2, 0.25) is 5.91 Å². The van der Waals surface area contributed by atoms with Crippen LogP contribution in [0, 0.1) is 0 Å². The number of thiophene rings is 1. The van der Waals surface area contributed by atoms with Crippen molar-refractivity contribution in [2.24, 2.45) is 5.73 Å². The topological polar surface area (TPSA) is 87.5 Å². The predicted octanol–water partition coefficient (Wildman–Crippen LogP) is 3.09. The number of urea groups is 1. The number of para-hydroxylation sites is 2. The van der Waals surface area contributed by atoms with Crippen LogP contribution in [0.15, 0.2) is 41.8 Å². The van der Waals surface area contributed by atoms with Crippen LogP contribution in [0.25, 0.3) is 0 Å². The minimum absolute atomic E-state index is 0.137. The second kappa shape index (κ2) is 8.02. The van der Waals surface area contributed by atoms with Gasteiger partial charge in [0.1, 0.15) is 0 Å². The molecule has 1 unspecified atom stereocenters. The van der Waals surface area contributed by atoms with E-state index in [1.807, 2.05) is 41.8 Å². The first-order valence-electron chi connectivity index (χ1n) is 8.36. The zero-order valence-corrected chi connectivity index (χ0v) is 14.7. The Bertz CT molecular complexity index is 726. The fraction of sp³-hybridized carbons (Fsp3) is 0.333. The van der Waals surface area contributed by atoms with Gasteiger partial charge in [-0.2, -0.15) is 0 Å². The van der Waals surface area contributed by atoms with E-state index in [0.717, 1.165) is 29.3 Å². The Hall–Kier alpha value is -2.54. The Labute approximate surface area is 151 Å². The third-order valence-electron chi connectivity index (χ3n) is 4.22. The summed E-state index contributed by atoms with van der Waals surface area (Å²) in [4.78, 5) is 27.0. The van der Waals surface area contributed by atoms with E-state index >= 15 is 0 Å². The maximum Gasteiger partial charge on any atom is 0.312 e. The maximum absolute atomic E-state index is 12.5. The summed E-state index contributed by atoms with van der Waals surface area (Å²) in [6, 6.07) is 10.5. The van der Waals surface area contributed by atoms with Crippen molar-refractivity contribution >= 4 is 34.6 Å². The van der Waals surface area contributed by atoms with E-state index in [2.05, 4.69) is 15.5 Å². The van der Waals surface area contributed by atoms with Gasteiger partial charge >= 0.3 is 6.03 Å². The molecule has 2 aromatic rings. The van der Waals surface area contributed by atoms with Crippen molar-refractivity contribution in [1.82, 2.24) is 5.32 Å². The molecular weight excluding hydrogens is 336 g/mol. The van der Waals surface area contributed by atoms with E-state index in [0.29, 0.717) is 0 Å². The van der Waals surface area contributed by atoms with Crippen LogP contribution < -0.4 is 21.3 Å². The first-order chi connectivity index (χ1) is 12.1. The van der Waals surface area contributed by atoms with Gasteiger partial charge < -0.3 is 21.3 Å². The highest BCUT2D eigenvalue weighted by Gasteiger charge is 2.20. The summed E-state index contributed by atoms with van der Waals surface area (Å²) in [5.74, 6) is -0.154. The van der Waals surface area contributed by atoms with Crippen molar-refractivity contribution in [3.05, 3.63) is 46.7 Å². The Morgan fingerprint density at radius 2 is 1.92 bits per heavy atom. The lowest BCUT2D eigenvalue weighted by Crippen LogP contribution is -2.35. The van der Waals surface area contributed by atoms with E-state index in [-0.39, 0.29) is 12.3 Å². The second-order valence-corrected chi connectivity index (χ2v) is 7.02. The first kappa shape index (κ1) is 17.3. The number of nitrogens with two attached hydrogens (primary N) is 1. The molecule has 1 aliphatic heterocycles. The number of carbonyl (C=O) groups excluding carboxylic acids is 2. The zero-order valence-electron chi connectivity index (χ0n) is 13.9. The second-order valence-electron chi connectivity index (χ2n) is 6.04. The quantitative estimate of drug-likeness (QED) is 0.741. The molecule has 3 rings (SSSR count). The van der Waals surface area contributed by atoms with Gasteiger partial charge in [-0.05, 0) is 36.4 Å². The van der Waals surface area contributed by atoms with Crippen LogP contribution >= 0.6 is 11.3 Å². The highest BCUT2D eigenvalue weighted by molar-refractivity contribution is 7.10. The van der Waals surface area contributed by atoms with Gasteiger partial charge in [0, 0.05) is 18.0 Å². The summed E-state index contributed by atoms with van der Waals surface area (Å²) in [5.41, 5.74) is 7.10. The van der Waals surface area contributed by atoms with Gasteiger partial charge in [0.15, 0.2) is 0 Å². The highest BCUT2D eigenvalue weighted by atomic mass is 32.1. The number of nitrogens with one attached hydrogen (secondary N) is 2. The minimum atomic E-state index is -0.635. The lowest BCUT2D eigenvalue weighted by molar-refractivity contribution is -0.116. The smallest absolute Gasteiger partial charge is 0.312 e. The van der Waals surface area contributed by atoms with Crippen LogP contribution in [0.4, 0.5) is 16.2 Å². The lowest BCUT2D eigenvalue weighted by atomic mass is 10.1. The number of benzene rings is 1. The van der Waals surface area contributed by atoms with Gasteiger partial charge in [-0.1, -0.05) is 18.2 Å². The molecule has 1 atom stereocenters. The molecule has 1 aromatic carbocycles. The van der Waals surface area contributed by atoms with E-state index in [4.69, 9.17) is 5.73 Å². The third-order valence-corrected chi connectivity index (χ3v) is 5.20. The number of primary amides is 1. The van der Waals surface area contributed by atoms with Crippen LogP contribution in [0.2, 0.25) is 0 Å². The van der Waals surface area contributed by atoms with Crippen LogP contribution in [-0.4, -0.2) is 25.0 Å². The number of rotatable bonds is 6. The molecule has 0 aliphatic carbocycles. The summed E-state index contributed by atoms with van der Waals surface area (Å²) >= 11 is 1.49. The molecule has 6 nitrogen and oxygen atoms in total. The van der Waals surface area contributed by atoms with Crippen molar-refractivity contribution in [2.45, 2.75) is 25.3 Å². The molecule has 1 saturated heterocycles. The molecule has 0 saturated carbocycles. The van der Waals surface area contributed by atoms with Crippen LogP contribution in [0.3, 0.4) is 0 Å². The van der Waals surface area contributed by atoms with E-state index in [1.165, 1.54) is 24.2 Å². The average molecular weight is 358 g/mol. The molecule has 3 amide bonds. The molecule has 7 heteroatoms. The molecule has 132 valence electrons. The van der Waals surface area contributed by atoms with E-state index < -0.39 is 12.1 Å². The molecule has 25 heavy (non-hydrogen) atoms. The highest BCUT2D eigenvalue weighted by Crippen LogP contribution is 2.29. The SMILES string of the molecule is NC(=O)NC(CC(=O)Nc1ccccc1N1CCCC1)c1cccs1. The molecule has 4 N–H and O–H groups in total. The summed E-state index contributed by atoms with van der Waals surface area (Å²) in [5, 5.41) is 7.54. The van der Waals surface area contributed by atoms with Gasteiger partial charge in [0.25, 0.3) is 0 Å². The van der Waals surface area contributed by atoms with Crippen molar-refractivity contribution < 1.29 is 9.59 Å². The van der Waals surface area contributed by atoms with Crippen molar-refractivity contribution in [3.8, 4) is 0 Å². The Kier molecular flexibility index (Phi) is 5.55. The zero-order chi connectivity index (χ0) is 17.6. The maximum atomic E-state index is 12.5. The van der Waals surface area contributed by atoms with Gasteiger partial charge in [-0.3, -0.25) is 4.79 Å². The Morgan fingerprint density at radius 3 is 2.60 bits per heavy atom. The standard InChI is InChI=1S/C18H22N4O2S/c19-18(24)21-14(16-8-5-11-25-16)12-17(23)20-13-6-1-2-7-15(13)22-9-3-4-10-22/h1-2,5-8,11,14H,3-4,9-10,12H2,(H,20,23)(H3,19,21,24). The largest absolute Gasteiger partial charge is 0.370 e. The number of nitrogens with zero attached hydrogens (tertiary/aromatic N) is 1. The predicted molar refractivity (Wildman–Crippen MR) is 101 cm³/mol. The number of hydrogen-bond donors (Lipinski definition) is 3. The van der Waals surface area contributed by atoms with Crippen LogP contribution in [0.1, 0.15) is 30.2 Å². The fourth-order valence-corrected chi connectivity index (χ4v) is 3.86. The Balaban J connectivity index is 1.70. The first-order valence-corrected chi connectivity index (χ1v) is 9.24. The van der Waals surface area contributed by atoms with Crippen LogP contribution in [-0.2, 0) is 4.79 Å². The number of amides is 3. The molecule has 1 aromatic heterocycles. The lowest BCUT2D eigenvalue weighted by Gasteiger charge is -2.22.